The van der Waals surface area contributed by atoms with Gasteiger partial charge in [0.05, 0.1) is 0 Å². The Labute approximate surface area is 133 Å². The Morgan fingerprint density at radius 3 is 2.05 bits per heavy atom. The molecule has 0 bridgehead atoms. The number of aryl methyl sites for hydroxylation is 1. The van der Waals surface area contributed by atoms with Crippen LogP contribution in [0.25, 0.3) is 0 Å². The van der Waals surface area contributed by atoms with Crippen molar-refractivity contribution in [1.29, 1.82) is 0 Å². The van der Waals surface area contributed by atoms with Gasteiger partial charge in [0, 0.05) is 38.2 Å². The van der Waals surface area contributed by atoms with Crippen molar-refractivity contribution in [3.63, 3.8) is 0 Å². The molecular weight excluding hydrogens is 276 g/mol. The van der Waals surface area contributed by atoms with Gasteiger partial charge in [-0.2, -0.15) is 0 Å². The molecule has 4 nitrogen and oxygen atoms in total. The van der Waals surface area contributed by atoms with Gasteiger partial charge in [0.25, 0.3) is 5.91 Å². The van der Waals surface area contributed by atoms with Gasteiger partial charge in [-0.05, 0) is 30.0 Å². The quantitative estimate of drug-likeness (QED) is 0.857. The summed E-state index contributed by atoms with van der Waals surface area (Å²) in [5, 5.41) is 0. The fourth-order valence-electron chi connectivity index (χ4n) is 2.70. The number of hydrogen-bond donors (Lipinski definition) is 0. The molecule has 0 saturated carbocycles. The Balaban J connectivity index is 1.90. The number of amides is 2. The van der Waals surface area contributed by atoms with Gasteiger partial charge in [0.2, 0.25) is 5.91 Å². The molecule has 0 unspecified atom stereocenters. The van der Waals surface area contributed by atoms with Crippen LogP contribution in [-0.4, -0.2) is 47.8 Å². The van der Waals surface area contributed by atoms with Crippen molar-refractivity contribution in [2.45, 2.75) is 33.6 Å². The van der Waals surface area contributed by atoms with Crippen LogP contribution in [0.3, 0.4) is 0 Å². The van der Waals surface area contributed by atoms with E-state index in [1.165, 1.54) is 5.56 Å². The topological polar surface area (TPSA) is 40.6 Å². The van der Waals surface area contributed by atoms with Gasteiger partial charge in [0.15, 0.2) is 0 Å². The maximum atomic E-state index is 12.5. The maximum Gasteiger partial charge on any atom is 0.253 e. The number of carbonyl (C=O) groups is 2. The molecule has 0 radical (unpaired) electrons. The lowest BCUT2D eigenvalue weighted by molar-refractivity contribution is -0.133. The fraction of sp³-hybridized carbons (Fsp3) is 0.556. The molecule has 1 aromatic carbocycles. The Morgan fingerprint density at radius 1 is 1.00 bits per heavy atom. The molecule has 1 heterocycles. The first-order chi connectivity index (χ1) is 10.5. The van der Waals surface area contributed by atoms with E-state index in [9.17, 15) is 9.59 Å². The predicted octanol–water partition coefficient (Wildman–Crippen LogP) is 2.58. The smallest absolute Gasteiger partial charge is 0.253 e. The second-order valence-electron chi connectivity index (χ2n) is 6.32. The van der Waals surface area contributed by atoms with Crippen LogP contribution in [0.4, 0.5) is 0 Å². The lowest BCUT2D eigenvalue weighted by Crippen LogP contribution is -2.50. The molecule has 1 aliphatic heterocycles. The Bertz CT molecular complexity index is 514. The van der Waals surface area contributed by atoms with Crippen molar-refractivity contribution < 1.29 is 9.59 Å². The standard InChI is InChI=1S/C18H26N2O2/c1-4-15-5-7-16(8-6-15)18(22)20-11-9-19(10-12-20)17(21)13-14(2)3/h5-8,14H,4,9-13H2,1-3H3. The molecule has 1 aliphatic rings. The summed E-state index contributed by atoms with van der Waals surface area (Å²) >= 11 is 0. The van der Waals surface area contributed by atoms with Gasteiger partial charge in [0.1, 0.15) is 0 Å². The van der Waals surface area contributed by atoms with E-state index in [-0.39, 0.29) is 11.8 Å². The molecule has 4 heteroatoms. The summed E-state index contributed by atoms with van der Waals surface area (Å²) in [6.07, 6.45) is 1.57. The van der Waals surface area contributed by atoms with E-state index >= 15 is 0 Å². The largest absolute Gasteiger partial charge is 0.339 e. The molecule has 2 rings (SSSR count). The van der Waals surface area contributed by atoms with Crippen LogP contribution in [0.5, 0.6) is 0 Å². The first-order valence-corrected chi connectivity index (χ1v) is 8.17. The summed E-state index contributed by atoms with van der Waals surface area (Å²) in [7, 11) is 0. The normalized spacial score (nSPS) is 15.3. The minimum atomic E-state index is 0.0682. The summed E-state index contributed by atoms with van der Waals surface area (Å²) in [5.74, 6) is 0.650. The highest BCUT2D eigenvalue weighted by atomic mass is 16.2. The number of rotatable bonds is 4. The third-order valence-electron chi connectivity index (χ3n) is 4.11. The zero-order valence-corrected chi connectivity index (χ0v) is 13.8. The second kappa shape index (κ2) is 7.43. The zero-order valence-electron chi connectivity index (χ0n) is 13.8. The first-order valence-electron chi connectivity index (χ1n) is 8.17. The van der Waals surface area contributed by atoms with Gasteiger partial charge in [-0.3, -0.25) is 9.59 Å². The van der Waals surface area contributed by atoms with Gasteiger partial charge in [-0.1, -0.05) is 32.9 Å². The Morgan fingerprint density at radius 2 is 1.55 bits per heavy atom. The van der Waals surface area contributed by atoms with Crippen molar-refractivity contribution in [2.24, 2.45) is 5.92 Å². The number of carbonyl (C=O) groups excluding carboxylic acids is 2. The number of piperazine rings is 1. The molecule has 120 valence electrons. The molecule has 0 spiro atoms. The van der Waals surface area contributed by atoms with Crippen LogP contribution in [0, 0.1) is 5.92 Å². The van der Waals surface area contributed by atoms with Crippen molar-refractivity contribution >= 4 is 11.8 Å². The van der Waals surface area contributed by atoms with Crippen molar-refractivity contribution in [2.75, 3.05) is 26.2 Å². The van der Waals surface area contributed by atoms with Crippen LogP contribution in [0.1, 0.15) is 43.1 Å². The van der Waals surface area contributed by atoms with Gasteiger partial charge >= 0.3 is 0 Å². The van der Waals surface area contributed by atoms with E-state index in [0.717, 1.165) is 12.0 Å². The van der Waals surface area contributed by atoms with Crippen molar-refractivity contribution in [3.8, 4) is 0 Å². The van der Waals surface area contributed by atoms with Crippen molar-refractivity contribution in [3.05, 3.63) is 35.4 Å². The van der Waals surface area contributed by atoms with E-state index in [1.54, 1.807) is 0 Å². The third-order valence-corrected chi connectivity index (χ3v) is 4.11. The number of nitrogens with zero attached hydrogens (tertiary/aromatic N) is 2. The zero-order chi connectivity index (χ0) is 16.1. The molecular formula is C18H26N2O2. The minimum Gasteiger partial charge on any atom is -0.339 e. The van der Waals surface area contributed by atoms with Gasteiger partial charge in [-0.25, -0.2) is 0 Å². The predicted molar refractivity (Wildman–Crippen MR) is 87.8 cm³/mol. The number of benzene rings is 1. The van der Waals surface area contributed by atoms with Crippen LogP contribution in [0.2, 0.25) is 0 Å². The van der Waals surface area contributed by atoms with Crippen LogP contribution < -0.4 is 0 Å². The number of hydrogen-bond acceptors (Lipinski definition) is 2. The molecule has 0 atom stereocenters. The van der Waals surface area contributed by atoms with Crippen molar-refractivity contribution in [1.82, 2.24) is 9.80 Å². The molecule has 2 amide bonds. The molecule has 0 N–H and O–H groups in total. The van der Waals surface area contributed by atoms with Crippen LogP contribution >= 0.6 is 0 Å². The summed E-state index contributed by atoms with van der Waals surface area (Å²) in [5.41, 5.74) is 1.97. The fourth-order valence-corrected chi connectivity index (χ4v) is 2.70. The summed E-state index contributed by atoms with van der Waals surface area (Å²) in [6.45, 7) is 8.74. The first kappa shape index (κ1) is 16.5. The third kappa shape index (κ3) is 4.09. The molecule has 0 aromatic heterocycles. The highest BCUT2D eigenvalue weighted by molar-refractivity contribution is 5.94. The molecule has 1 fully saturated rings. The van der Waals surface area contributed by atoms with E-state index in [0.29, 0.717) is 38.5 Å². The minimum absolute atomic E-state index is 0.0682. The highest BCUT2D eigenvalue weighted by Crippen LogP contribution is 2.12. The van der Waals surface area contributed by atoms with E-state index in [2.05, 4.69) is 20.8 Å². The van der Waals surface area contributed by atoms with Crippen LogP contribution in [0.15, 0.2) is 24.3 Å². The average molecular weight is 302 g/mol. The van der Waals surface area contributed by atoms with E-state index < -0.39 is 0 Å². The summed E-state index contributed by atoms with van der Waals surface area (Å²) < 4.78 is 0. The Kier molecular flexibility index (Phi) is 5.58. The van der Waals surface area contributed by atoms with E-state index in [4.69, 9.17) is 0 Å². The monoisotopic (exact) mass is 302 g/mol. The average Bonchev–Trinajstić information content (AvgIpc) is 2.54. The van der Waals surface area contributed by atoms with Gasteiger partial charge in [-0.15, -0.1) is 0 Å². The lowest BCUT2D eigenvalue weighted by atomic mass is 10.1. The second-order valence-corrected chi connectivity index (χ2v) is 6.32. The van der Waals surface area contributed by atoms with E-state index in [1.807, 2.05) is 34.1 Å². The summed E-state index contributed by atoms with van der Waals surface area (Å²) in [6, 6.07) is 7.82. The molecule has 0 aliphatic carbocycles. The lowest BCUT2D eigenvalue weighted by Gasteiger charge is -2.35. The molecule has 1 aromatic rings. The van der Waals surface area contributed by atoms with Crippen LogP contribution in [-0.2, 0) is 11.2 Å². The maximum absolute atomic E-state index is 12.5. The molecule has 1 saturated heterocycles. The highest BCUT2D eigenvalue weighted by Gasteiger charge is 2.24. The molecule has 22 heavy (non-hydrogen) atoms. The SMILES string of the molecule is CCc1ccc(C(=O)N2CCN(C(=O)CC(C)C)CC2)cc1. The van der Waals surface area contributed by atoms with Gasteiger partial charge < -0.3 is 9.80 Å². The summed E-state index contributed by atoms with van der Waals surface area (Å²) in [4.78, 5) is 28.3. The Hall–Kier alpha value is -1.84.